The molecule has 86 valence electrons. The van der Waals surface area contributed by atoms with Crippen LogP contribution in [0.2, 0.25) is 0 Å². The second-order valence-electron chi connectivity index (χ2n) is 3.71. The number of nitrogens with one attached hydrogen (secondary N) is 1. The molecular weight excluding hydrogens is 206 g/mol. The van der Waals surface area contributed by atoms with Crippen LogP contribution < -0.4 is 14.8 Å². The lowest BCUT2D eigenvalue weighted by atomic mass is 10.0. The van der Waals surface area contributed by atoms with Crippen LogP contribution in [0, 0.1) is 0 Å². The van der Waals surface area contributed by atoms with Crippen molar-refractivity contribution in [2.75, 3.05) is 27.3 Å². The monoisotopic (exact) mass is 221 g/mol. The number of ether oxygens (including phenoxy) is 2. The standard InChI is InChI=1S/C12H15NO3/c1-15-11-5-8-3-4-13-7-10(14)9(8)6-12(11)16-2/h5-6,13H,3-4,7H2,1-2H3. The van der Waals surface area contributed by atoms with Crippen molar-refractivity contribution in [1.82, 2.24) is 5.32 Å². The van der Waals surface area contributed by atoms with Crippen molar-refractivity contribution in [2.45, 2.75) is 6.42 Å². The summed E-state index contributed by atoms with van der Waals surface area (Å²) in [6, 6.07) is 3.66. The quantitative estimate of drug-likeness (QED) is 0.810. The van der Waals surface area contributed by atoms with E-state index in [0.717, 1.165) is 24.1 Å². The minimum atomic E-state index is 0.105. The zero-order valence-electron chi connectivity index (χ0n) is 9.50. The molecule has 1 heterocycles. The van der Waals surface area contributed by atoms with Crippen LogP contribution in [0.25, 0.3) is 0 Å². The molecule has 0 bridgehead atoms. The number of fused-ring (bicyclic) bond motifs is 1. The van der Waals surface area contributed by atoms with E-state index in [1.54, 1.807) is 20.3 Å². The van der Waals surface area contributed by atoms with E-state index in [1.165, 1.54) is 0 Å². The third-order valence-corrected chi connectivity index (χ3v) is 2.77. The van der Waals surface area contributed by atoms with Crippen LogP contribution in [0.3, 0.4) is 0 Å². The molecule has 1 aromatic rings. The summed E-state index contributed by atoms with van der Waals surface area (Å²) in [6.45, 7) is 1.21. The lowest BCUT2D eigenvalue weighted by Crippen LogP contribution is -2.21. The van der Waals surface area contributed by atoms with Gasteiger partial charge in [-0.05, 0) is 30.7 Å². The molecular formula is C12H15NO3. The average Bonchev–Trinajstić information content (AvgIpc) is 2.49. The number of carbonyl (C=O) groups excluding carboxylic acids is 1. The molecule has 1 aliphatic rings. The van der Waals surface area contributed by atoms with Crippen molar-refractivity contribution >= 4 is 5.78 Å². The number of hydrogen-bond donors (Lipinski definition) is 1. The highest BCUT2D eigenvalue weighted by atomic mass is 16.5. The fraction of sp³-hybridized carbons (Fsp3) is 0.417. The first kappa shape index (κ1) is 11.0. The van der Waals surface area contributed by atoms with E-state index in [-0.39, 0.29) is 5.78 Å². The number of methoxy groups -OCH3 is 2. The highest BCUT2D eigenvalue weighted by molar-refractivity contribution is 6.00. The van der Waals surface area contributed by atoms with Crippen LogP contribution in [0.5, 0.6) is 11.5 Å². The lowest BCUT2D eigenvalue weighted by molar-refractivity contribution is 0.0993. The third kappa shape index (κ3) is 1.88. The molecule has 4 nitrogen and oxygen atoms in total. The van der Waals surface area contributed by atoms with Gasteiger partial charge in [0, 0.05) is 5.56 Å². The van der Waals surface area contributed by atoms with Crippen LogP contribution >= 0.6 is 0 Å². The van der Waals surface area contributed by atoms with Gasteiger partial charge in [-0.25, -0.2) is 0 Å². The van der Waals surface area contributed by atoms with Gasteiger partial charge in [0.1, 0.15) is 0 Å². The SMILES string of the molecule is COc1cc2c(cc1OC)C(=O)CNCC2. The summed E-state index contributed by atoms with van der Waals surface area (Å²) in [5.74, 6) is 1.39. The van der Waals surface area contributed by atoms with E-state index in [1.807, 2.05) is 6.07 Å². The van der Waals surface area contributed by atoms with Gasteiger partial charge in [0.05, 0.1) is 20.8 Å². The Labute approximate surface area is 94.6 Å². The topological polar surface area (TPSA) is 47.6 Å². The fourth-order valence-corrected chi connectivity index (χ4v) is 1.91. The zero-order valence-corrected chi connectivity index (χ0v) is 9.50. The highest BCUT2D eigenvalue weighted by Gasteiger charge is 2.18. The average molecular weight is 221 g/mol. The molecule has 0 saturated carbocycles. The molecule has 0 radical (unpaired) electrons. The van der Waals surface area contributed by atoms with Crippen LogP contribution in [0.1, 0.15) is 15.9 Å². The molecule has 1 aromatic carbocycles. The molecule has 0 atom stereocenters. The maximum Gasteiger partial charge on any atom is 0.177 e. The summed E-state index contributed by atoms with van der Waals surface area (Å²) in [7, 11) is 3.17. The summed E-state index contributed by atoms with van der Waals surface area (Å²) in [4.78, 5) is 11.8. The van der Waals surface area contributed by atoms with Gasteiger partial charge in [-0.2, -0.15) is 0 Å². The minimum Gasteiger partial charge on any atom is -0.493 e. The largest absolute Gasteiger partial charge is 0.493 e. The van der Waals surface area contributed by atoms with E-state index in [0.29, 0.717) is 18.0 Å². The minimum absolute atomic E-state index is 0.105. The Hall–Kier alpha value is -1.55. The van der Waals surface area contributed by atoms with Gasteiger partial charge in [-0.3, -0.25) is 4.79 Å². The van der Waals surface area contributed by atoms with E-state index >= 15 is 0 Å². The Morgan fingerprint density at radius 1 is 1.19 bits per heavy atom. The van der Waals surface area contributed by atoms with E-state index < -0.39 is 0 Å². The van der Waals surface area contributed by atoms with Crippen LogP contribution in [0.4, 0.5) is 0 Å². The Morgan fingerprint density at radius 2 is 1.88 bits per heavy atom. The first-order chi connectivity index (χ1) is 7.76. The third-order valence-electron chi connectivity index (χ3n) is 2.77. The first-order valence-corrected chi connectivity index (χ1v) is 5.25. The van der Waals surface area contributed by atoms with Crippen molar-refractivity contribution in [3.05, 3.63) is 23.3 Å². The molecule has 0 fully saturated rings. The smallest absolute Gasteiger partial charge is 0.177 e. The Bertz CT molecular complexity index is 415. The number of Topliss-reactive ketones (excluding diaryl/α,β-unsaturated/α-hetero) is 1. The van der Waals surface area contributed by atoms with E-state index in [9.17, 15) is 4.79 Å². The number of rotatable bonds is 2. The molecule has 2 rings (SSSR count). The van der Waals surface area contributed by atoms with Crippen LogP contribution in [-0.4, -0.2) is 33.1 Å². The van der Waals surface area contributed by atoms with Crippen LogP contribution in [0.15, 0.2) is 12.1 Å². The summed E-state index contributed by atoms with van der Waals surface area (Å²) in [5.41, 5.74) is 1.76. The molecule has 0 unspecified atom stereocenters. The van der Waals surface area contributed by atoms with Gasteiger partial charge >= 0.3 is 0 Å². The highest BCUT2D eigenvalue weighted by Crippen LogP contribution is 2.31. The van der Waals surface area contributed by atoms with E-state index in [4.69, 9.17) is 9.47 Å². The van der Waals surface area contributed by atoms with Crippen molar-refractivity contribution in [2.24, 2.45) is 0 Å². The maximum absolute atomic E-state index is 11.8. The normalized spacial score (nSPS) is 15.2. The Kier molecular flexibility index (Phi) is 3.10. The van der Waals surface area contributed by atoms with Gasteiger partial charge in [-0.1, -0.05) is 0 Å². The fourth-order valence-electron chi connectivity index (χ4n) is 1.91. The van der Waals surface area contributed by atoms with Crippen molar-refractivity contribution in [1.29, 1.82) is 0 Å². The molecule has 0 aliphatic carbocycles. The second kappa shape index (κ2) is 4.53. The predicted octanol–water partition coefficient (Wildman–Crippen LogP) is 1.03. The summed E-state index contributed by atoms with van der Waals surface area (Å²) >= 11 is 0. The maximum atomic E-state index is 11.8. The Balaban J connectivity index is 2.51. The van der Waals surface area contributed by atoms with Gasteiger partial charge < -0.3 is 14.8 Å². The van der Waals surface area contributed by atoms with Gasteiger partial charge in [0.15, 0.2) is 17.3 Å². The molecule has 0 aromatic heterocycles. The van der Waals surface area contributed by atoms with Gasteiger partial charge in [0.25, 0.3) is 0 Å². The van der Waals surface area contributed by atoms with Gasteiger partial charge in [0.2, 0.25) is 0 Å². The number of benzene rings is 1. The summed E-state index contributed by atoms with van der Waals surface area (Å²) in [6.07, 6.45) is 0.835. The van der Waals surface area contributed by atoms with Crippen molar-refractivity contribution < 1.29 is 14.3 Å². The lowest BCUT2D eigenvalue weighted by Gasteiger charge is -2.11. The first-order valence-electron chi connectivity index (χ1n) is 5.25. The predicted molar refractivity (Wildman–Crippen MR) is 60.5 cm³/mol. The van der Waals surface area contributed by atoms with Crippen LogP contribution in [-0.2, 0) is 6.42 Å². The van der Waals surface area contributed by atoms with Crippen molar-refractivity contribution in [3.63, 3.8) is 0 Å². The summed E-state index contributed by atoms with van der Waals surface area (Å²) < 4.78 is 10.4. The molecule has 0 saturated heterocycles. The molecule has 4 heteroatoms. The van der Waals surface area contributed by atoms with E-state index in [2.05, 4.69) is 5.32 Å². The zero-order chi connectivity index (χ0) is 11.5. The molecule has 0 spiro atoms. The number of carbonyl (C=O) groups is 1. The molecule has 1 N–H and O–H groups in total. The molecule has 16 heavy (non-hydrogen) atoms. The van der Waals surface area contributed by atoms with Gasteiger partial charge in [-0.15, -0.1) is 0 Å². The summed E-state index contributed by atoms with van der Waals surface area (Å²) in [5, 5.41) is 3.09. The second-order valence-corrected chi connectivity index (χ2v) is 3.71. The number of ketones is 1. The number of hydrogen-bond acceptors (Lipinski definition) is 4. The molecule has 0 amide bonds. The Morgan fingerprint density at radius 3 is 2.56 bits per heavy atom. The molecule has 1 aliphatic heterocycles. The van der Waals surface area contributed by atoms with Crippen molar-refractivity contribution in [3.8, 4) is 11.5 Å².